The SMILES string of the molecule is C=C(Cc1ccccc1)C(=O)OC[CH2-].[Rf]. The van der Waals surface area contributed by atoms with E-state index < -0.39 is 0 Å². The Morgan fingerprint density at radius 1 is 1.33 bits per heavy atom. The largest absolute Gasteiger partial charge is 0.495 e. The van der Waals surface area contributed by atoms with Crippen LogP contribution >= 0.6 is 0 Å². The van der Waals surface area contributed by atoms with Crippen molar-refractivity contribution in [2.45, 2.75) is 6.42 Å². The van der Waals surface area contributed by atoms with Gasteiger partial charge in [-0.15, -0.1) is 0 Å². The van der Waals surface area contributed by atoms with Crippen molar-refractivity contribution in [3.63, 3.8) is 0 Å². The molecule has 0 aromatic heterocycles. The monoisotopic (exact) mass is 456 g/mol. The zero-order valence-electron chi connectivity index (χ0n) is 8.74. The minimum atomic E-state index is -0.371. The van der Waals surface area contributed by atoms with Crippen LogP contribution in [0.4, 0.5) is 0 Å². The molecule has 2 nitrogen and oxygen atoms in total. The molecule has 0 radical (unpaired) electrons. The Balaban J connectivity index is 0.00000196. The predicted molar refractivity (Wildman–Crippen MR) is 55.6 cm³/mol. The maximum absolute atomic E-state index is 11.2. The van der Waals surface area contributed by atoms with E-state index in [4.69, 9.17) is 4.74 Å². The van der Waals surface area contributed by atoms with Crippen LogP contribution in [0.25, 0.3) is 0 Å². The first-order valence-electron chi connectivity index (χ1n) is 4.42. The van der Waals surface area contributed by atoms with Crippen molar-refractivity contribution in [2.75, 3.05) is 6.61 Å². The van der Waals surface area contributed by atoms with Crippen LogP contribution in [-0.2, 0) is 16.0 Å². The summed E-state index contributed by atoms with van der Waals surface area (Å²) < 4.78 is 4.73. The number of hydrogen-bond donors (Lipinski definition) is 0. The van der Waals surface area contributed by atoms with Gasteiger partial charge in [-0.25, -0.2) is 4.79 Å². The van der Waals surface area contributed by atoms with Gasteiger partial charge in [0.2, 0.25) is 0 Å². The van der Waals surface area contributed by atoms with Crippen molar-refractivity contribution < 1.29 is 9.53 Å². The molecule has 3 heteroatoms. The van der Waals surface area contributed by atoms with E-state index in [0.29, 0.717) is 12.0 Å². The van der Waals surface area contributed by atoms with Gasteiger partial charge < -0.3 is 11.7 Å². The first-order valence-corrected chi connectivity index (χ1v) is 4.42. The standard InChI is InChI=1S/C12H13O2.Rf/c1-3-14-12(13)10(2)9-11-7-5-4-6-8-11;/h4-8H,1-3,9H2;/q-1;. The normalized spacial score (nSPS) is 8.87. The number of ether oxygens (including phenoxy) is 1. The van der Waals surface area contributed by atoms with Crippen LogP contribution in [0.15, 0.2) is 42.5 Å². The second-order valence-corrected chi connectivity index (χ2v) is 2.90. The first kappa shape index (κ1) is 12.4. The molecule has 0 spiro atoms. The van der Waals surface area contributed by atoms with E-state index in [2.05, 4.69) is 13.5 Å². The Labute approximate surface area is 84.2 Å². The van der Waals surface area contributed by atoms with E-state index in [0.717, 1.165) is 5.56 Å². The molecule has 0 N–H and O–H groups in total. The number of esters is 1. The molecular formula is C12H13O2Rf-. The summed E-state index contributed by atoms with van der Waals surface area (Å²) in [4.78, 5) is 11.2. The summed E-state index contributed by atoms with van der Waals surface area (Å²) in [6.07, 6.45) is 0.527. The molecule has 76 valence electrons. The number of benzene rings is 1. The third-order valence-electron chi connectivity index (χ3n) is 1.78. The van der Waals surface area contributed by atoms with Crippen molar-refractivity contribution in [2.24, 2.45) is 0 Å². The van der Waals surface area contributed by atoms with E-state index in [1.807, 2.05) is 30.3 Å². The fourth-order valence-electron chi connectivity index (χ4n) is 1.11. The van der Waals surface area contributed by atoms with Gasteiger partial charge in [0.25, 0.3) is 0 Å². The zero-order valence-corrected chi connectivity index (χ0v) is 15.1. The van der Waals surface area contributed by atoms with Gasteiger partial charge in [0.1, 0.15) is 0 Å². The summed E-state index contributed by atoms with van der Waals surface area (Å²) in [7, 11) is 0. The second-order valence-electron chi connectivity index (χ2n) is 2.90. The van der Waals surface area contributed by atoms with E-state index in [1.54, 1.807) is 0 Å². The van der Waals surface area contributed by atoms with Crippen LogP contribution in [-0.4, -0.2) is 12.6 Å². The van der Waals surface area contributed by atoms with Gasteiger partial charge in [-0.3, -0.25) is 0 Å². The fourth-order valence-corrected chi connectivity index (χ4v) is 1.11. The molecule has 0 amide bonds. The van der Waals surface area contributed by atoms with Crippen molar-refractivity contribution >= 4 is 5.97 Å². The van der Waals surface area contributed by atoms with Crippen LogP contribution in [0, 0.1) is 6.92 Å². The quantitative estimate of drug-likeness (QED) is 0.395. The zero-order chi connectivity index (χ0) is 10.4. The molecule has 0 heterocycles. The van der Waals surface area contributed by atoms with Crippen LogP contribution in [0.1, 0.15) is 5.56 Å². The average Bonchev–Trinajstić information content (AvgIpc) is 2.19. The number of rotatable bonds is 4. The van der Waals surface area contributed by atoms with Crippen molar-refractivity contribution in [1.82, 2.24) is 0 Å². The molecule has 1 aromatic carbocycles. The Hall–Kier alpha value is -2.57. The van der Waals surface area contributed by atoms with Crippen molar-refractivity contribution in [1.29, 1.82) is 0 Å². The maximum Gasteiger partial charge on any atom is 0.331 e. The second kappa shape index (κ2) is 5.97. The Morgan fingerprint density at radius 3 is 2.47 bits per heavy atom. The average molecular weight is 456 g/mol. The molecule has 0 aliphatic rings. The smallest absolute Gasteiger partial charge is 0.331 e. The number of hydrogen-bond acceptors (Lipinski definition) is 2. The Morgan fingerprint density at radius 2 is 1.93 bits per heavy atom. The van der Waals surface area contributed by atoms with Crippen LogP contribution < -0.4 is 0 Å². The molecule has 0 aliphatic carbocycles. The van der Waals surface area contributed by atoms with Gasteiger partial charge in [0.15, 0.2) is 0 Å². The topological polar surface area (TPSA) is 26.3 Å². The van der Waals surface area contributed by atoms with Crippen LogP contribution in [0.5, 0.6) is 0 Å². The molecule has 1 aromatic rings. The summed E-state index contributed by atoms with van der Waals surface area (Å²) in [5.74, 6) is -0.371. The molecule has 0 fully saturated rings. The van der Waals surface area contributed by atoms with Crippen LogP contribution in [0.2, 0.25) is 0 Å². The molecular weight excluding hydrogens is 443 g/mol. The minimum Gasteiger partial charge on any atom is -0.495 e. The fraction of sp³-hybridized carbons (Fsp3) is 0.167. The summed E-state index contributed by atoms with van der Waals surface area (Å²) >= 11 is 0. The van der Waals surface area contributed by atoms with Gasteiger partial charge in [-0.1, -0.05) is 36.9 Å². The summed E-state index contributed by atoms with van der Waals surface area (Å²) in [6.45, 7) is 7.24. The summed E-state index contributed by atoms with van der Waals surface area (Å²) in [5, 5.41) is 0. The molecule has 0 bridgehead atoms. The molecule has 0 saturated heterocycles. The van der Waals surface area contributed by atoms with E-state index >= 15 is 0 Å². The van der Waals surface area contributed by atoms with Gasteiger partial charge in [-0.05, 0) is 12.2 Å². The minimum absolute atomic E-state index is 0. The van der Waals surface area contributed by atoms with Gasteiger partial charge in [-0.2, -0.15) is 0 Å². The molecule has 0 aliphatic heterocycles. The van der Waals surface area contributed by atoms with E-state index in [9.17, 15) is 4.79 Å². The van der Waals surface area contributed by atoms with Crippen LogP contribution in [0.3, 0.4) is 0 Å². The van der Waals surface area contributed by atoms with E-state index in [-0.39, 0.29) is 12.6 Å². The Kier molecular flexibility index (Phi) is 4.95. The van der Waals surface area contributed by atoms with Crippen molar-refractivity contribution in [3.05, 3.63) is 55.0 Å². The number of carbonyl (C=O) groups is 1. The third-order valence-corrected chi connectivity index (χ3v) is 1.78. The predicted octanol–water partition coefficient (Wildman–Crippen LogP) is 2.16. The summed E-state index contributed by atoms with van der Waals surface area (Å²) in [5.41, 5.74) is 1.51. The van der Waals surface area contributed by atoms with Gasteiger partial charge in [0.05, 0.1) is 0 Å². The van der Waals surface area contributed by atoms with Gasteiger partial charge >= 0.3 is 5.97 Å². The first-order chi connectivity index (χ1) is 6.74. The molecule has 0 atom stereocenters. The molecule has 15 heavy (non-hydrogen) atoms. The molecule has 1 rings (SSSR count). The summed E-state index contributed by atoms with van der Waals surface area (Å²) in [6, 6.07) is 9.68. The van der Waals surface area contributed by atoms with Crippen molar-refractivity contribution in [3.8, 4) is 0 Å². The van der Waals surface area contributed by atoms with Gasteiger partial charge in [0, 0.05) is 12.0 Å². The molecule has 0 unspecified atom stereocenters. The third kappa shape index (κ3) is 3.77. The maximum atomic E-state index is 11.2. The molecule has 0 saturated carbocycles. The number of carbonyl (C=O) groups excluding carboxylic acids is 1. The van der Waals surface area contributed by atoms with E-state index in [1.165, 1.54) is 0 Å². The Bertz CT molecular complexity index is 320.